The van der Waals surface area contributed by atoms with Crippen LogP contribution in [0, 0.1) is 12.7 Å². The number of nitrogens with zero attached hydrogens (tertiary/aromatic N) is 3. The molecule has 0 unspecified atom stereocenters. The summed E-state index contributed by atoms with van der Waals surface area (Å²) in [6.07, 6.45) is 0. The molecule has 0 fully saturated rings. The Morgan fingerprint density at radius 3 is 2.62 bits per heavy atom. The van der Waals surface area contributed by atoms with Crippen LogP contribution in [-0.4, -0.2) is 33.5 Å². The minimum Gasteiger partial charge on any atom is -0.497 e. The normalized spacial score (nSPS) is 10.7. The van der Waals surface area contributed by atoms with E-state index in [9.17, 15) is 9.18 Å². The first-order chi connectivity index (χ1) is 15.5. The Kier molecular flexibility index (Phi) is 6.51. The summed E-state index contributed by atoms with van der Waals surface area (Å²) in [6.45, 7) is 1.79. The first-order valence-electron chi connectivity index (χ1n) is 9.89. The topological polar surface area (TPSA) is 69.0 Å². The number of thioether (sulfide) groups is 1. The average molecular weight is 449 g/mol. The van der Waals surface area contributed by atoms with Gasteiger partial charge in [-0.15, -0.1) is 10.2 Å². The standard InChI is InChI=1S/C24H21FN4O2S/c1-16-11-12-21(20(25)13-16)26-22(30)15-32-24-28-27-23(17-7-6-10-19(14-17)31-2)29(24)18-8-4-3-5-9-18/h3-14H,15H2,1-2H3,(H,26,30). The minimum atomic E-state index is -0.462. The Morgan fingerprint density at radius 2 is 1.88 bits per heavy atom. The van der Waals surface area contributed by atoms with Crippen molar-refractivity contribution in [2.24, 2.45) is 0 Å². The van der Waals surface area contributed by atoms with Gasteiger partial charge >= 0.3 is 0 Å². The van der Waals surface area contributed by atoms with Gasteiger partial charge in [0.15, 0.2) is 11.0 Å². The van der Waals surface area contributed by atoms with Gasteiger partial charge in [0.25, 0.3) is 0 Å². The summed E-state index contributed by atoms with van der Waals surface area (Å²) in [6, 6.07) is 21.9. The number of rotatable bonds is 7. The zero-order valence-corrected chi connectivity index (χ0v) is 18.4. The van der Waals surface area contributed by atoms with E-state index in [1.807, 2.05) is 59.2 Å². The molecule has 4 rings (SSSR count). The molecule has 0 saturated carbocycles. The second kappa shape index (κ2) is 9.65. The van der Waals surface area contributed by atoms with Crippen molar-refractivity contribution in [3.8, 4) is 22.8 Å². The van der Waals surface area contributed by atoms with Crippen molar-refractivity contribution >= 4 is 23.4 Å². The maximum atomic E-state index is 14.1. The third-order valence-electron chi connectivity index (χ3n) is 4.71. The number of methoxy groups -OCH3 is 1. The summed E-state index contributed by atoms with van der Waals surface area (Å²) in [5, 5.41) is 11.8. The van der Waals surface area contributed by atoms with Crippen molar-refractivity contribution in [2.75, 3.05) is 18.2 Å². The van der Waals surface area contributed by atoms with Gasteiger partial charge in [0.05, 0.1) is 18.6 Å². The van der Waals surface area contributed by atoms with E-state index >= 15 is 0 Å². The summed E-state index contributed by atoms with van der Waals surface area (Å²) in [4.78, 5) is 12.5. The van der Waals surface area contributed by atoms with E-state index < -0.39 is 5.82 Å². The van der Waals surface area contributed by atoms with Crippen molar-refractivity contribution in [1.82, 2.24) is 14.8 Å². The van der Waals surface area contributed by atoms with E-state index in [2.05, 4.69) is 15.5 Å². The number of carbonyl (C=O) groups is 1. The number of ether oxygens (including phenoxy) is 1. The largest absolute Gasteiger partial charge is 0.497 e. The third-order valence-corrected chi connectivity index (χ3v) is 5.64. The molecular weight excluding hydrogens is 427 g/mol. The van der Waals surface area contributed by atoms with Gasteiger partial charge < -0.3 is 10.1 Å². The number of carbonyl (C=O) groups excluding carboxylic acids is 1. The molecule has 0 aliphatic carbocycles. The van der Waals surface area contributed by atoms with Gasteiger partial charge in [-0.3, -0.25) is 9.36 Å². The maximum absolute atomic E-state index is 14.1. The number of halogens is 1. The SMILES string of the molecule is COc1cccc(-c2nnc(SCC(=O)Nc3ccc(C)cc3F)n2-c2ccccc2)c1. The highest BCUT2D eigenvalue weighted by atomic mass is 32.2. The molecule has 0 aliphatic rings. The van der Waals surface area contributed by atoms with E-state index in [-0.39, 0.29) is 17.3 Å². The molecule has 3 aromatic carbocycles. The Labute approximate surface area is 189 Å². The first kappa shape index (κ1) is 21.6. The zero-order valence-electron chi connectivity index (χ0n) is 17.6. The fraction of sp³-hybridized carbons (Fsp3) is 0.125. The smallest absolute Gasteiger partial charge is 0.234 e. The Hall–Kier alpha value is -3.65. The number of para-hydroxylation sites is 1. The Balaban J connectivity index is 1.60. The van der Waals surface area contributed by atoms with Crippen molar-refractivity contribution in [3.63, 3.8) is 0 Å². The van der Waals surface area contributed by atoms with E-state index in [4.69, 9.17) is 4.74 Å². The Bertz CT molecular complexity index is 1240. The molecule has 6 nitrogen and oxygen atoms in total. The number of benzene rings is 3. The van der Waals surface area contributed by atoms with Crippen LogP contribution >= 0.6 is 11.8 Å². The number of aromatic nitrogens is 3. The lowest BCUT2D eigenvalue weighted by atomic mass is 10.2. The lowest BCUT2D eigenvalue weighted by Crippen LogP contribution is -2.15. The summed E-state index contributed by atoms with van der Waals surface area (Å²) < 4.78 is 21.3. The van der Waals surface area contributed by atoms with Crippen LogP contribution in [0.3, 0.4) is 0 Å². The highest BCUT2D eigenvalue weighted by Gasteiger charge is 2.18. The van der Waals surface area contributed by atoms with E-state index in [1.165, 1.54) is 17.8 Å². The van der Waals surface area contributed by atoms with E-state index in [0.29, 0.717) is 16.7 Å². The summed E-state index contributed by atoms with van der Waals surface area (Å²) in [7, 11) is 1.61. The molecule has 162 valence electrons. The van der Waals surface area contributed by atoms with Gasteiger partial charge in [-0.25, -0.2) is 4.39 Å². The van der Waals surface area contributed by atoms with Gasteiger partial charge in [0, 0.05) is 11.3 Å². The molecule has 1 heterocycles. The van der Waals surface area contributed by atoms with Crippen molar-refractivity contribution in [1.29, 1.82) is 0 Å². The predicted octanol–water partition coefficient (Wildman–Crippen LogP) is 5.12. The molecule has 0 spiro atoms. The van der Waals surface area contributed by atoms with Gasteiger partial charge in [-0.1, -0.05) is 48.2 Å². The molecule has 1 aromatic heterocycles. The first-order valence-corrected chi connectivity index (χ1v) is 10.9. The van der Waals surface area contributed by atoms with Crippen LogP contribution in [0.25, 0.3) is 17.1 Å². The molecule has 0 saturated heterocycles. The number of hydrogen-bond donors (Lipinski definition) is 1. The molecule has 1 N–H and O–H groups in total. The van der Waals surface area contributed by atoms with Crippen LogP contribution in [0.4, 0.5) is 10.1 Å². The Morgan fingerprint density at radius 1 is 1.06 bits per heavy atom. The van der Waals surface area contributed by atoms with Crippen molar-refractivity contribution in [3.05, 3.63) is 84.2 Å². The van der Waals surface area contributed by atoms with Crippen LogP contribution in [0.2, 0.25) is 0 Å². The van der Waals surface area contributed by atoms with Gasteiger partial charge in [0.1, 0.15) is 11.6 Å². The lowest BCUT2D eigenvalue weighted by molar-refractivity contribution is -0.113. The third kappa shape index (κ3) is 4.81. The summed E-state index contributed by atoms with van der Waals surface area (Å²) in [5.74, 6) is 0.594. The van der Waals surface area contributed by atoms with Crippen molar-refractivity contribution in [2.45, 2.75) is 12.1 Å². The average Bonchev–Trinajstić information content (AvgIpc) is 3.24. The highest BCUT2D eigenvalue weighted by Crippen LogP contribution is 2.29. The second-order valence-electron chi connectivity index (χ2n) is 7.03. The van der Waals surface area contributed by atoms with Gasteiger partial charge in [-0.2, -0.15) is 0 Å². The number of anilines is 1. The van der Waals surface area contributed by atoms with Crippen LogP contribution in [0.15, 0.2) is 78.0 Å². The quantitative estimate of drug-likeness (QED) is 0.398. The number of aryl methyl sites for hydroxylation is 1. The second-order valence-corrected chi connectivity index (χ2v) is 7.97. The van der Waals surface area contributed by atoms with E-state index in [1.54, 1.807) is 26.2 Å². The maximum Gasteiger partial charge on any atom is 0.234 e. The highest BCUT2D eigenvalue weighted by molar-refractivity contribution is 7.99. The van der Waals surface area contributed by atoms with Gasteiger partial charge in [0.2, 0.25) is 5.91 Å². The molecule has 1 amide bonds. The molecule has 8 heteroatoms. The summed E-state index contributed by atoms with van der Waals surface area (Å²) in [5.41, 5.74) is 2.64. The van der Waals surface area contributed by atoms with E-state index in [0.717, 1.165) is 16.8 Å². The van der Waals surface area contributed by atoms with Crippen LogP contribution in [0.1, 0.15) is 5.56 Å². The zero-order chi connectivity index (χ0) is 22.5. The molecule has 4 aromatic rings. The number of nitrogens with one attached hydrogen (secondary N) is 1. The number of hydrogen-bond acceptors (Lipinski definition) is 5. The fourth-order valence-corrected chi connectivity index (χ4v) is 3.91. The summed E-state index contributed by atoms with van der Waals surface area (Å²) >= 11 is 1.23. The molecule has 0 bridgehead atoms. The molecular formula is C24H21FN4O2S. The molecule has 0 radical (unpaired) electrons. The molecule has 32 heavy (non-hydrogen) atoms. The van der Waals surface area contributed by atoms with Gasteiger partial charge in [-0.05, 0) is 48.9 Å². The van der Waals surface area contributed by atoms with Crippen LogP contribution in [-0.2, 0) is 4.79 Å². The number of amides is 1. The molecule has 0 aliphatic heterocycles. The minimum absolute atomic E-state index is 0.0520. The lowest BCUT2D eigenvalue weighted by Gasteiger charge is -2.11. The van der Waals surface area contributed by atoms with Crippen LogP contribution in [0.5, 0.6) is 5.75 Å². The molecule has 0 atom stereocenters. The monoisotopic (exact) mass is 448 g/mol. The van der Waals surface area contributed by atoms with Crippen molar-refractivity contribution < 1.29 is 13.9 Å². The predicted molar refractivity (Wildman–Crippen MR) is 124 cm³/mol. The fourth-order valence-electron chi connectivity index (χ4n) is 3.16. The van der Waals surface area contributed by atoms with Crippen LogP contribution < -0.4 is 10.1 Å².